The maximum absolute atomic E-state index is 13.0. The third-order valence-electron chi connectivity index (χ3n) is 4.30. The highest BCUT2D eigenvalue weighted by Gasteiger charge is 2.27. The molecule has 136 valence electrons. The van der Waals surface area contributed by atoms with Crippen LogP contribution >= 0.6 is 22.9 Å². The van der Waals surface area contributed by atoms with Crippen LogP contribution in [-0.4, -0.2) is 23.6 Å². The molecule has 26 heavy (non-hydrogen) atoms. The molecule has 1 amide bonds. The summed E-state index contributed by atoms with van der Waals surface area (Å²) >= 11 is 7.54. The molecule has 7 heteroatoms. The first-order valence-corrected chi connectivity index (χ1v) is 9.45. The summed E-state index contributed by atoms with van der Waals surface area (Å²) in [4.78, 5) is 26.1. The maximum Gasteiger partial charge on any atom is 0.354 e. The van der Waals surface area contributed by atoms with Crippen molar-refractivity contribution in [2.45, 2.75) is 26.3 Å². The van der Waals surface area contributed by atoms with Crippen LogP contribution in [0.4, 0.5) is 5.69 Å². The van der Waals surface area contributed by atoms with Gasteiger partial charge in [0.2, 0.25) is 5.91 Å². The van der Waals surface area contributed by atoms with Gasteiger partial charge >= 0.3 is 5.97 Å². The normalized spacial score (nSPS) is 12.2. The second-order valence-electron chi connectivity index (χ2n) is 5.94. The molecule has 0 fully saturated rings. The first-order valence-electron chi connectivity index (χ1n) is 8.20. The molecule has 3 aromatic rings. The Morgan fingerprint density at radius 2 is 2.08 bits per heavy atom. The Morgan fingerprint density at radius 3 is 2.77 bits per heavy atom. The monoisotopic (exact) mass is 390 g/mol. The zero-order valence-corrected chi connectivity index (χ0v) is 16.3. The number of hydrogen-bond donors (Lipinski definition) is 1. The van der Waals surface area contributed by atoms with E-state index >= 15 is 0 Å². The van der Waals surface area contributed by atoms with Gasteiger partial charge in [-0.15, -0.1) is 11.3 Å². The van der Waals surface area contributed by atoms with Gasteiger partial charge in [-0.1, -0.05) is 24.6 Å². The molecule has 0 aliphatic carbocycles. The number of rotatable bonds is 5. The number of aromatic nitrogens is 1. The van der Waals surface area contributed by atoms with Crippen LogP contribution in [-0.2, 0) is 9.53 Å². The van der Waals surface area contributed by atoms with Crippen molar-refractivity contribution < 1.29 is 14.3 Å². The average Bonchev–Trinajstić information content (AvgIpc) is 3.20. The van der Waals surface area contributed by atoms with E-state index in [4.69, 9.17) is 16.3 Å². The number of fused-ring (bicyclic) bond motifs is 1. The zero-order chi connectivity index (χ0) is 18.8. The van der Waals surface area contributed by atoms with Crippen LogP contribution in [0.25, 0.3) is 10.2 Å². The largest absolute Gasteiger partial charge is 0.464 e. The van der Waals surface area contributed by atoms with E-state index in [2.05, 4.69) is 5.32 Å². The fraction of sp³-hybridized carbons (Fsp3) is 0.263. The number of thiophene rings is 1. The van der Waals surface area contributed by atoms with Crippen molar-refractivity contribution in [3.63, 3.8) is 0 Å². The summed E-state index contributed by atoms with van der Waals surface area (Å²) in [5, 5.41) is 6.35. The van der Waals surface area contributed by atoms with Crippen LogP contribution in [0.5, 0.6) is 0 Å². The number of amides is 1. The van der Waals surface area contributed by atoms with Gasteiger partial charge in [-0.3, -0.25) is 4.79 Å². The molecule has 0 unspecified atom stereocenters. The third kappa shape index (κ3) is 3.34. The van der Waals surface area contributed by atoms with Gasteiger partial charge in [-0.05, 0) is 48.6 Å². The van der Waals surface area contributed by atoms with E-state index in [0.29, 0.717) is 22.8 Å². The fourth-order valence-corrected chi connectivity index (χ4v) is 4.06. The van der Waals surface area contributed by atoms with Crippen LogP contribution in [0, 0.1) is 6.92 Å². The van der Waals surface area contributed by atoms with Crippen molar-refractivity contribution in [3.05, 3.63) is 52.0 Å². The lowest BCUT2D eigenvalue weighted by Crippen LogP contribution is -2.28. The van der Waals surface area contributed by atoms with Gasteiger partial charge in [0, 0.05) is 16.1 Å². The van der Waals surface area contributed by atoms with Gasteiger partial charge in [0.1, 0.15) is 16.6 Å². The molecule has 0 saturated carbocycles. The Bertz CT molecular complexity index is 976. The molecular weight excluding hydrogens is 372 g/mol. The van der Waals surface area contributed by atoms with Crippen molar-refractivity contribution in [2.75, 3.05) is 12.4 Å². The molecule has 0 radical (unpaired) electrons. The van der Waals surface area contributed by atoms with Gasteiger partial charge < -0.3 is 14.6 Å². The van der Waals surface area contributed by atoms with E-state index in [9.17, 15) is 9.59 Å². The lowest BCUT2D eigenvalue weighted by molar-refractivity contribution is -0.119. The van der Waals surface area contributed by atoms with Crippen LogP contribution < -0.4 is 5.32 Å². The Balaban J connectivity index is 2.02. The molecule has 0 bridgehead atoms. The minimum atomic E-state index is -0.543. The molecule has 1 aromatic carbocycles. The number of carbonyl (C=O) groups is 2. The summed E-state index contributed by atoms with van der Waals surface area (Å²) in [5.41, 5.74) is 1.95. The molecule has 2 heterocycles. The van der Waals surface area contributed by atoms with Crippen LogP contribution in [0.1, 0.15) is 35.4 Å². The first kappa shape index (κ1) is 18.5. The summed E-state index contributed by atoms with van der Waals surface area (Å²) in [6.45, 7) is 3.81. The van der Waals surface area contributed by atoms with E-state index in [-0.39, 0.29) is 5.91 Å². The molecular formula is C19H19ClN2O3S. The van der Waals surface area contributed by atoms with Gasteiger partial charge in [-0.25, -0.2) is 4.79 Å². The lowest BCUT2D eigenvalue weighted by atomic mass is 10.1. The van der Waals surface area contributed by atoms with Crippen molar-refractivity contribution in [3.8, 4) is 0 Å². The highest BCUT2D eigenvalue weighted by molar-refractivity contribution is 7.16. The van der Waals surface area contributed by atoms with Crippen LogP contribution in [0.15, 0.2) is 35.7 Å². The highest BCUT2D eigenvalue weighted by atomic mass is 35.5. The standard InChI is InChI=1S/C19H19ClN2O3S/c1-4-15(17(23)21-14-10-13(20)6-5-11(14)2)22-16(19(24)25-3)9-12-7-8-26-18(12)22/h5-10,15H,4H2,1-3H3,(H,21,23)/t15-/m0/s1. The summed E-state index contributed by atoms with van der Waals surface area (Å²) < 4.78 is 6.66. The quantitative estimate of drug-likeness (QED) is 0.621. The number of benzene rings is 1. The van der Waals surface area contributed by atoms with E-state index in [1.165, 1.54) is 18.4 Å². The summed E-state index contributed by atoms with van der Waals surface area (Å²) in [7, 11) is 1.34. The minimum absolute atomic E-state index is 0.200. The summed E-state index contributed by atoms with van der Waals surface area (Å²) in [6.07, 6.45) is 0.525. The number of hydrogen-bond acceptors (Lipinski definition) is 4. The van der Waals surface area contributed by atoms with E-state index in [0.717, 1.165) is 15.8 Å². The van der Waals surface area contributed by atoms with Gasteiger partial charge in [0.15, 0.2) is 0 Å². The van der Waals surface area contributed by atoms with E-state index in [1.807, 2.05) is 31.4 Å². The molecule has 0 saturated heterocycles. The Kier molecular flexibility index (Phi) is 5.34. The SMILES string of the molecule is CC[C@@H](C(=O)Nc1cc(Cl)ccc1C)n1c(C(=O)OC)cc2ccsc21. The molecule has 1 atom stereocenters. The predicted molar refractivity (Wildman–Crippen MR) is 105 cm³/mol. The Morgan fingerprint density at radius 1 is 1.31 bits per heavy atom. The van der Waals surface area contributed by atoms with Crippen molar-refractivity contribution in [2.24, 2.45) is 0 Å². The number of esters is 1. The maximum atomic E-state index is 13.0. The average molecular weight is 391 g/mol. The third-order valence-corrected chi connectivity index (χ3v) is 5.46. The minimum Gasteiger partial charge on any atom is -0.464 e. The number of methoxy groups -OCH3 is 1. The lowest BCUT2D eigenvalue weighted by Gasteiger charge is -2.20. The molecule has 1 N–H and O–H groups in total. The number of nitrogens with one attached hydrogen (secondary N) is 1. The Hall–Kier alpha value is -2.31. The molecule has 3 rings (SSSR count). The zero-order valence-electron chi connectivity index (χ0n) is 14.7. The van der Waals surface area contributed by atoms with Gasteiger partial charge in [-0.2, -0.15) is 0 Å². The molecule has 0 aliphatic rings. The topological polar surface area (TPSA) is 60.3 Å². The Labute approximate surface area is 160 Å². The first-order chi connectivity index (χ1) is 12.5. The smallest absolute Gasteiger partial charge is 0.354 e. The number of halogens is 1. The molecule has 2 aromatic heterocycles. The number of ether oxygens (including phenoxy) is 1. The molecule has 0 aliphatic heterocycles. The van der Waals surface area contributed by atoms with Crippen LogP contribution in [0.2, 0.25) is 5.02 Å². The van der Waals surface area contributed by atoms with E-state index < -0.39 is 12.0 Å². The van der Waals surface area contributed by atoms with Gasteiger partial charge in [0.25, 0.3) is 0 Å². The number of carbonyl (C=O) groups excluding carboxylic acids is 2. The number of nitrogens with zero attached hydrogens (tertiary/aromatic N) is 1. The highest BCUT2D eigenvalue weighted by Crippen LogP contribution is 2.31. The number of aryl methyl sites for hydroxylation is 1. The van der Waals surface area contributed by atoms with Gasteiger partial charge in [0.05, 0.1) is 7.11 Å². The van der Waals surface area contributed by atoms with Crippen molar-refractivity contribution >= 4 is 50.7 Å². The summed E-state index contributed by atoms with van der Waals surface area (Å²) in [5.74, 6) is -0.660. The predicted octanol–water partition coefficient (Wildman–Crippen LogP) is 5.04. The van der Waals surface area contributed by atoms with Crippen LogP contribution in [0.3, 0.4) is 0 Å². The number of anilines is 1. The second-order valence-corrected chi connectivity index (χ2v) is 7.28. The molecule has 0 spiro atoms. The van der Waals surface area contributed by atoms with Crippen molar-refractivity contribution in [1.29, 1.82) is 0 Å². The van der Waals surface area contributed by atoms with E-state index in [1.54, 1.807) is 22.8 Å². The summed E-state index contributed by atoms with van der Waals surface area (Å²) in [6, 6.07) is 8.50. The molecule has 5 nitrogen and oxygen atoms in total. The second kappa shape index (κ2) is 7.51. The fourth-order valence-electron chi connectivity index (χ4n) is 2.94. The van der Waals surface area contributed by atoms with Crippen molar-refractivity contribution in [1.82, 2.24) is 4.57 Å².